The maximum absolute atomic E-state index is 12.9. The predicted molar refractivity (Wildman–Crippen MR) is 97.2 cm³/mol. The van der Waals surface area contributed by atoms with Crippen LogP contribution in [0.1, 0.15) is 28.4 Å². The van der Waals surface area contributed by atoms with Gasteiger partial charge in [-0.15, -0.1) is 0 Å². The fourth-order valence-corrected chi connectivity index (χ4v) is 3.69. The van der Waals surface area contributed by atoms with Crippen molar-refractivity contribution in [2.75, 3.05) is 6.54 Å². The molecule has 0 aromatic heterocycles. The summed E-state index contributed by atoms with van der Waals surface area (Å²) in [6.07, 6.45) is 0. The number of hydrogen-bond acceptors (Lipinski definition) is 3. The Balaban J connectivity index is 1.89. The highest BCUT2D eigenvalue weighted by molar-refractivity contribution is 9.10. The number of halogens is 1. The van der Waals surface area contributed by atoms with E-state index in [1.807, 2.05) is 25.1 Å². The molecule has 2 aromatic rings. The van der Waals surface area contributed by atoms with Gasteiger partial charge in [0.2, 0.25) is 0 Å². The summed E-state index contributed by atoms with van der Waals surface area (Å²) in [6, 6.07) is 13.8. The van der Waals surface area contributed by atoms with Crippen LogP contribution in [-0.2, 0) is 10.3 Å². The lowest BCUT2D eigenvalue weighted by molar-refractivity contribution is -0.130. The molecule has 1 fully saturated rings. The minimum Gasteiger partial charge on any atom is -0.319 e. The molecule has 0 bridgehead atoms. The summed E-state index contributed by atoms with van der Waals surface area (Å²) in [6.45, 7) is 3.19. The van der Waals surface area contributed by atoms with Gasteiger partial charge in [0.25, 0.3) is 5.91 Å². The molecule has 5 nitrogen and oxygen atoms in total. The molecule has 6 heteroatoms. The molecule has 0 spiro atoms. The third-order valence-electron chi connectivity index (χ3n) is 4.43. The summed E-state index contributed by atoms with van der Waals surface area (Å²) in [5.41, 5.74) is 0.772. The maximum Gasteiger partial charge on any atom is 0.325 e. The van der Waals surface area contributed by atoms with Crippen LogP contribution in [0.25, 0.3) is 0 Å². The van der Waals surface area contributed by atoms with Crippen molar-refractivity contribution in [3.05, 3.63) is 69.7 Å². The molecule has 0 saturated carbocycles. The highest BCUT2D eigenvalue weighted by Crippen LogP contribution is 2.33. The Bertz CT molecular complexity index is 880. The molecule has 2 aromatic carbocycles. The summed E-state index contributed by atoms with van der Waals surface area (Å²) in [4.78, 5) is 38.8. The Hall–Kier alpha value is -2.47. The number of carbonyl (C=O) groups is 3. The Morgan fingerprint density at radius 2 is 1.76 bits per heavy atom. The topological polar surface area (TPSA) is 66.5 Å². The number of urea groups is 1. The van der Waals surface area contributed by atoms with E-state index >= 15 is 0 Å². The first-order chi connectivity index (χ1) is 11.8. The van der Waals surface area contributed by atoms with E-state index in [1.165, 1.54) is 0 Å². The average molecular weight is 401 g/mol. The zero-order valence-corrected chi connectivity index (χ0v) is 15.5. The van der Waals surface area contributed by atoms with Gasteiger partial charge in [-0.1, -0.05) is 58.4 Å². The van der Waals surface area contributed by atoms with E-state index in [1.54, 1.807) is 37.3 Å². The number of carbonyl (C=O) groups excluding carboxylic acids is 3. The standard InChI is InChI=1S/C19H17BrN2O3/c1-12-7-3-4-8-13(12)16(23)11-22-17(24)19(2,21-18(22)25)14-9-5-6-10-15(14)20/h3-10H,11H2,1-2H3,(H,21,25). The number of hydrogen-bond donors (Lipinski definition) is 1. The molecule has 1 aliphatic rings. The number of aryl methyl sites for hydroxylation is 1. The van der Waals surface area contributed by atoms with Crippen LogP contribution in [0.4, 0.5) is 4.79 Å². The van der Waals surface area contributed by atoms with Gasteiger partial charge < -0.3 is 5.32 Å². The SMILES string of the molecule is Cc1ccccc1C(=O)CN1C(=O)NC(C)(c2ccccc2Br)C1=O. The molecule has 128 valence electrons. The van der Waals surface area contributed by atoms with Crippen molar-refractivity contribution < 1.29 is 14.4 Å². The summed E-state index contributed by atoms with van der Waals surface area (Å²) in [5, 5.41) is 2.71. The number of Topliss-reactive ketones (excluding diaryl/α,β-unsaturated/α-hetero) is 1. The van der Waals surface area contributed by atoms with E-state index in [2.05, 4.69) is 21.2 Å². The second-order valence-corrected chi connectivity index (χ2v) is 7.02. The summed E-state index contributed by atoms with van der Waals surface area (Å²) < 4.78 is 0.721. The monoisotopic (exact) mass is 400 g/mol. The van der Waals surface area contributed by atoms with Crippen molar-refractivity contribution in [2.24, 2.45) is 0 Å². The van der Waals surface area contributed by atoms with Gasteiger partial charge in [-0.3, -0.25) is 14.5 Å². The van der Waals surface area contributed by atoms with Gasteiger partial charge in [0.15, 0.2) is 5.78 Å². The van der Waals surface area contributed by atoms with Crippen LogP contribution in [0.3, 0.4) is 0 Å². The van der Waals surface area contributed by atoms with Crippen LogP contribution < -0.4 is 5.32 Å². The molecule has 1 aliphatic heterocycles. The van der Waals surface area contributed by atoms with Crippen LogP contribution in [0.2, 0.25) is 0 Å². The minimum atomic E-state index is -1.21. The fraction of sp³-hybridized carbons (Fsp3) is 0.211. The van der Waals surface area contributed by atoms with Gasteiger partial charge in [0.1, 0.15) is 5.54 Å². The van der Waals surface area contributed by atoms with E-state index in [-0.39, 0.29) is 12.3 Å². The Labute approximate surface area is 154 Å². The van der Waals surface area contributed by atoms with Crippen LogP contribution in [-0.4, -0.2) is 29.2 Å². The zero-order valence-electron chi connectivity index (χ0n) is 13.9. The van der Waals surface area contributed by atoms with Crippen molar-refractivity contribution in [1.82, 2.24) is 10.2 Å². The van der Waals surface area contributed by atoms with Crippen molar-refractivity contribution in [3.8, 4) is 0 Å². The fourth-order valence-electron chi connectivity index (χ4n) is 3.00. The number of imide groups is 1. The van der Waals surface area contributed by atoms with Crippen molar-refractivity contribution in [2.45, 2.75) is 19.4 Å². The van der Waals surface area contributed by atoms with E-state index in [4.69, 9.17) is 0 Å². The average Bonchev–Trinajstić information content (AvgIpc) is 2.79. The minimum absolute atomic E-state index is 0.266. The lowest BCUT2D eigenvalue weighted by Gasteiger charge is -2.23. The normalized spacial score (nSPS) is 19.9. The van der Waals surface area contributed by atoms with E-state index < -0.39 is 17.5 Å². The third kappa shape index (κ3) is 2.98. The van der Waals surface area contributed by atoms with Crippen LogP contribution in [0.5, 0.6) is 0 Å². The van der Waals surface area contributed by atoms with Gasteiger partial charge in [0, 0.05) is 15.6 Å². The van der Waals surface area contributed by atoms with E-state index in [0.717, 1.165) is 14.9 Å². The van der Waals surface area contributed by atoms with Gasteiger partial charge in [-0.25, -0.2) is 4.79 Å². The molecule has 0 aliphatic carbocycles. The number of nitrogens with zero attached hydrogens (tertiary/aromatic N) is 1. The second kappa shape index (κ2) is 6.44. The smallest absolute Gasteiger partial charge is 0.319 e. The maximum atomic E-state index is 12.9. The van der Waals surface area contributed by atoms with Crippen molar-refractivity contribution in [3.63, 3.8) is 0 Å². The van der Waals surface area contributed by atoms with Crippen molar-refractivity contribution in [1.29, 1.82) is 0 Å². The highest BCUT2D eigenvalue weighted by Gasteiger charge is 2.50. The van der Waals surface area contributed by atoms with Gasteiger partial charge in [-0.2, -0.15) is 0 Å². The number of ketones is 1. The largest absolute Gasteiger partial charge is 0.325 e. The molecule has 25 heavy (non-hydrogen) atoms. The zero-order chi connectivity index (χ0) is 18.2. The molecule has 1 unspecified atom stereocenters. The molecular weight excluding hydrogens is 384 g/mol. The van der Waals surface area contributed by atoms with Crippen molar-refractivity contribution >= 4 is 33.7 Å². The second-order valence-electron chi connectivity index (χ2n) is 6.16. The molecule has 3 rings (SSSR count). The molecule has 3 amide bonds. The molecular formula is C19H17BrN2O3. The van der Waals surface area contributed by atoms with Gasteiger partial charge >= 0.3 is 6.03 Å². The summed E-state index contributed by atoms with van der Waals surface area (Å²) in [7, 11) is 0. The molecule has 1 saturated heterocycles. The van der Waals surface area contributed by atoms with Gasteiger partial charge in [-0.05, 0) is 25.5 Å². The Morgan fingerprint density at radius 1 is 1.12 bits per heavy atom. The lowest BCUT2D eigenvalue weighted by atomic mass is 9.92. The first-order valence-electron chi connectivity index (χ1n) is 7.82. The van der Waals surface area contributed by atoms with E-state index in [0.29, 0.717) is 11.1 Å². The predicted octanol–water partition coefficient (Wildman–Crippen LogP) is 3.41. The first kappa shape index (κ1) is 17.4. The quantitative estimate of drug-likeness (QED) is 0.631. The number of benzene rings is 2. The van der Waals surface area contributed by atoms with E-state index in [9.17, 15) is 14.4 Å². The first-order valence-corrected chi connectivity index (χ1v) is 8.62. The number of amides is 3. The number of rotatable bonds is 4. The molecule has 1 atom stereocenters. The van der Waals surface area contributed by atoms with Crippen LogP contribution in [0.15, 0.2) is 53.0 Å². The number of nitrogens with one attached hydrogen (secondary N) is 1. The highest BCUT2D eigenvalue weighted by atomic mass is 79.9. The van der Waals surface area contributed by atoms with Gasteiger partial charge in [0.05, 0.1) is 6.54 Å². The summed E-state index contributed by atoms with van der Waals surface area (Å²) >= 11 is 3.42. The summed E-state index contributed by atoms with van der Waals surface area (Å²) in [5.74, 6) is -0.704. The Morgan fingerprint density at radius 3 is 2.44 bits per heavy atom. The van der Waals surface area contributed by atoms with Crippen LogP contribution in [0, 0.1) is 6.92 Å². The lowest BCUT2D eigenvalue weighted by Crippen LogP contribution is -2.41. The molecule has 1 N–H and O–H groups in total. The van der Waals surface area contributed by atoms with Crippen LogP contribution >= 0.6 is 15.9 Å². The Kier molecular flexibility index (Phi) is 4.47. The molecule has 0 radical (unpaired) electrons. The molecule has 1 heterocycles. The third-order valence-corrected chi connectivity index (χ3v) is 5.13.